The molecule has 2 N–H and O–H groups in total. The van der Waals surface area contributed by atoms with Crippen LogP contribution in [0.15, 0.2) is 35.2 Å². The van der Waals surface area contributed by atoms with E-state index >= 15 is 0 Å². The molecule has 13 heavy (non-hydrogen) atoms. The summed E-state index contributed by atoms with van der Waals surface area (Å²) in [6.07, 6.45) is 0. The van der Waals surface area contributed by atoms with Crippen LogP contribution in [0.25, 0.3) is 0 Å². The van der Waals surface area contributed by atoms with E-state index in [4.69, 9.17) is 4.74 Å². The Morgan fingerprint density at radius 3 is 2.38 bits per heavy atom. The van der Waals surface area contributed by atoms with Crippen molar-refractivity contribution in [3.63, 3.8) is 0 Å². The Bertz CT molecular complexity index is 248. The predicted molar refractivity (Wildman–Crippen MR) is 54.3 cm³/mol. The second-order valence-electron chi connectivity index (χ2n) is 2.68. The Labute approximate surface area is 79.7 Å². The van der Waals surface area contributed by atoms with E-state index in [-0.39, 0.29) is 5.75 Å². The predicted octanol–water partition coefficient (Wildman–Crippen LogP) is 2.44. The highest BCUT2D eigenvalue weighted by Crippen LogP contribution is 2.47. The molecule has 0 saturated carbocycles. The lowest BCUT2D eigenvalue weighted by Gasteiger charge is -2.31. The molecule has 0 aliphatic rings. The van der Waals surface area contributed by atoms with Crippen molar-refractivity contribution in [2.75, 3.05) is 19.5 Å². The molecule has 1 rings (SSSR count). The smallest absolute Gasteiger partial charge is 0.0658 e. The van der Waals surface area contributed by atoms with Gasteiger partial charge in [0.2, 0.25) is 0 Å². The van der Waals surface area contributed by atoms with Crippen LogP contribution in [0.1, 0.15) is 0 Å². The molecule has 0 bridgehead atoms. The fourth-order valence-electron chi connectivity index (χ4n) is 0.956. The van der Waals surface area contributed by atoms with Crippen molar-refractivity contribution in [3.8, 4) is 0 Å². The molecule has 1 aromatic rings. The molecule has 0 spiro atoms. The minimum atomic E-state index is -2.65. The zero-order valence-corrected chi connectivity index (χ0v) is 8.33. The normalized spacial score (nSPS) is 12.8. The molecule has 4 heteroatoms. The number of ether oxygens (including phenoxy) is 1. The Morgan fingerprint density at radius 1 is 1.23 bits per heavy atom. The Morgan fingerprint density at radius 2 is 1.85 bits per heavy atom. The molecule has 0 radical (unpaired) electrons. The first kappa shape index (κ1) is 10.5. The largest absolute Gasteiger partial charge is 0.383 e. The molecular weight excluding hydrogens is 188 g/mol. The Kier molecular flexibility index (Phi) is 3.74. The van der Waals surface area contributed by atoms with Crippen molar-refractivity contribution in [1.29, 1.82) is 0 Å². The van der Waals surface area contributed by atoms with Crippen molar-refractivity contribution < 1.29 is 13.8 Å². The van der Waals surface area contributed by atoms with E-state index in [9.17, 15) is 9.11 Å². The molecule has 0 saturated heterocycles. The number of methoxy groups -OCH3 is 1. The van der Waals surface area contributed by atoms with Crippen LogP contribution in [-0.2, 0) is 4.74 Å². The zero-order valence-electron chi connectivity index (χ0n) is 7.51. The van der Waals surface area contributed by atoms with Crippen molar-refractivity contribution in [2.24, 2.45) is 0 Å². The highest BCUT2D eigenvalue weighted by atomic mass is 32.3. The van der Waals surface area contributed by atoms with Gasteiger partial charge in [0.25, 0.3) is 0 Å². The van der Waals surface area contributed by atoms with E-state index in [0.29, 0.717) is 11.5 Å². The lowest BCUT2D eigenvalue weighted by atomic mass is 10.4. The summed E-state index contributed by atoms with van der Waals surface area (Å²) in [5.41, 5.74) is 0. The van der Waals surface area contributed by atoms with Gasteiger partial charge in [-0.3, -0.25) is 9.11 Å². The summed E-state index contributed by atoms with van der Waals surface area (Å²) in [5.74, 6) is 0.257. The van der Waals surface area contributed by atoms with Gasteiger partial charge in [0, 0.05) is 7.11 Å². The summed E-state index contributed by atoms with van der Waals surface area (Å²) in [6.45, 7) is 0.358. The van der Waals surface area contributed by atoms with Gasteiger partial charge in [0.05, 0.1) is 17.3 Å². The molecule has 0 atom stereocenters. The maximum Gasteiger partial charge on any atom is 0.0658 e. The van der Waals surface area contributed by atoms with Gasteiger partial charge in [-0.25, -0.2) is 0 Å². The third-order valence-corrected chi connectivity index (χ3v) is 3.46. The first-order valence-corrected chi connectivity index (χ1v) is 5.68. The van der Waals surface area contributed by atoms with Gasteiger partial charge in [-0.2, -0.15) is 10.6 Å². The third kappa shape index (κ3) is 3.00. The average Bonchev–Trinajstić information content (AvgIpc) is 2.16. The topological polar surface area (TPSA) is 49.7 Å². The summed E-state index contributed by atoms with van der Waals surface area (Å²) in [7, 11) is -1.11. The lowest BCUT2D eigenvalue weighted by Crippen LogP contribution is -2.08. The molecule has 0 aliphatic heterocycles. The van der Waals surface area contributed by atoms with Gasteiger partial charge >= 0.3 is 0 Å². The minimum Gasteiger partial charge on any atom is -0.383 e. The van der Waals surface area contributed by atoms with Crippen LogP contribution in [0.3, 0.4) is 0 Å². The molecule has 0 heterocycles. The minimum absolute atomic E-state index is 0.257. The van der Waals surface area contributed by atoms with Gasteiger partial charge in [-0.1, -0.05) is 18.2 Å². The monoisotopic (exact) mass is 202 g/mol. The summed E-state index contributed by atoms with van der Waals surface area (Å²) in [6, 6.07) is 8.85. The van der Waals surface area contributed by atoms with Gasteiger partial charge in [0.15, 0.2) is 0 Å². The van der Waals surface area contributed by atoms with Crippen LogP contribution >= 0.6 is 10.6 Å². The molecule has 0 amide bonds. The standard InChI is InChI=1S/C9H14O3S/c1-12-7-8-13(10,11)9-5-3-2-4-6-9/h2-6,10-11H,7-8H2,1H3. The molecular formula is C9H14O3S. The number of benzene rings is 1. The number of rotatable bonds is 4. The van der Waals surface area contributed by atoms with E-state index in [1.165, 1.54) is 0 Å². The average molecular weight is 202 g/mol. The quantitative estimate of drug-likeness (QED) is 0.788. The molecule has 3 nitrogen and oxygen atoms in total. The van der Waals surface area contributed by atoms with Crippen molar-refractivity contribution in [3.05, 3.63) is 30.3 Å². The molecule has 0 aromatic heterocycles. The highest BCUT2D eigenvalue weighted by molar-refractivity contribution is 8.24. The van der Waals surface area contributed by atoms with E-state index in [0.717, 1.165) is 0 Å². The van der Waals surface area contributed by atoms with E-state index in [2.05, 4.69) is 0 Å². The SMILES string of the molecule is COCCS(O)(O)c1ccccc1. The lowest BCUT2D eigenvalue weighted by molar-refractivity contribution is 0.215. The summed E-state index contributed by atoms with van der Waals surface area (Å²) >= 11 is 0. The second kappa shape index (κ2) is 4.62. The number of hydrogen-bond donors (Lipinski definition) is 2. The number of hydrogen-bond acceptors (Lipinski definition) is 3. The molecule has 0 fully saturated rings. The van der Waals surface area contributed by atoms with Crippen molar-refractivity contribution >= 4 is 10.6 Å². The van der Waals surface area contributed by atoms with E-state index in [1.54, 1.807) is 31.4 Å². The maximum atomic E-state index is 9.68. The Hall–Kier alpha value is -0.550. The summed E-state index contributed by atoms with van der Waals surface area (Å²) < 4.78 is 24.2. The summed E-state index contributed by atoms with van der Waals surface area (Å²) in [5, 5.41) is 0. The van der Waals surface area contributed by atoms with Crippen LogP contribution in [0.4, 0.5) is 0 Å². The fourth-order valence-corrected chi connectivity index (χ4v) is 2.18. The van der Waals surface area contributed by atoms with Crippen molar-refractivity contribution in [2.45, 2.75) is 4.90 Å². The van der Waals surface area contributed by atoms with Gasteiger partial charge in [-0.15, -0.1) is 0 Å². The van der Waals surface area contributed by atoms with Gasteiger partial charge in [-0.05, 0) is 12.1 Å². The van der Waals surface area contributed by atoms with Crippen LogP contribution in [0.5, 0.6) is 0 Å². The van der Waals surface area contributed by atoms with Crippen LogP contribution in [0, 0.1) is 0 Å². The first-order valence-electron chi connectivity index (χ1n) is 3.97. The fraction of sp³-hybridized carbons (Fsp3) is 0.333. The second-order valence-corrected chi connectivity index (χ2v) is 4.89. The maximum absolute atomic E-state index is 9.68. The van der Waals surface area contributed by atoms with Crippen LogP contribution in [0.2, 0.25) is 0 Å². The molecule has 1 aromatic carbocycles. The van der Waals surface area contributed by atoms with Gasteiger partial charge in [0.1, 0.15) is 0 Å². The summed E-state index contributed by atoms with van der Waals surface area (Å²) in [4.78, 5) is 0.576. The molecule has 74 valence electrons. The molecule has 0 aliphatic carbocycles. The van der Waals surface area contributed by atoms with Crippen LogP contribution < -0.4 is 0 Å². The zero-order chi connectivity index (χ0) is 9.73. The van der Waals surface area contributed by atoms with Crippen LogP contribution in [-0.4, -0.2) is 28.6 Å². The third-order valence-electron chi connectivity index (χ3n) is 1.69. The molecule has 0 unspecified atom stereocenters. The first-order chi connectivity index (χ1) is 6.17. The van der Waals surface area contributed by atoms with Gasteiger partial charge < -0.3 is 4.74 Å². The van der Waals surface area contributed by atoms with Crippen molar-refractivity contribution in [1.82, 2.24) is 0 Å². The van der Waals surface area contributed by atoms with E-state index < -0.39 is 10.6 Å². The highest BCUT2D eigenvalue weighted by Gasteiger charge is 2.13. The van der Waals surface area contributed by atoms with E-state index in [1.807, 2.05) is 6.07 Å². The Balaban J connectivity index is 2.69.